The molecule has 0 aromatic heterocycles. The number of benzene rings is 2. The molecule has 2 heterocycles. The van der Waals surface area contributed by atoms with Crippen molar-refractivity contribution in [2.24, 2.45) is 5.92 Å². The van der Waals surface area contributed by atoms with Gasteiger partial charge < -0.3 is 5.32 Å². The van der Waals surface area contributed by atoms with Crippen LogP contribution in [0.5, 0.6) is 0 Å². The Morgan fingerprint density at radius 1 is 0.861 bits per heavy atom. The average Bonchev–Trinajstić information content (AvgIpc) is 3.15. The standard InChI is InChI=1S/C28H29N3O5/c32-23-14-13-22(26(34)30-23)31-27(35)21-12-6-11-20(24(21)28(31)36)19-10-5-4-7-17(19)15-16-29-25(33)18-8-2-1-3-9-18/h4-7,10-12,18,22H,1-3,8-9,13-16H2,(H,29,33)(H,30,32,34). The molecule has 3 aliphatic rings. The molecule has 8 heteroatoms. The predicted octanol–water partition coefficient (Wildman–Crippen LogP) is 2.99. The second-order valence-corrected chi connectivity index (χ2v) is 9.71. The van der Waals surface area contributed by atoms with E-state index >= 15 is 0 Å². The lowest BCUT2D eigenvalue weighted by atomic mass is 9.88. The summed E-state index contributed by atoms with van der Waals surface area (Å²) in [6.45, 7) is 0.483. The fourth-order valence-electron chi connectivity index (χ4n) is 5.57. The van der Waals surface area contributed by atoms with Crippen LogP contribution in [0, 0.1) is 5.92 Å². The van der Waals surface area contributed by atoms with Crippen molar-refractivity contribution in [2.75, 3.05) is 6.54 Å². The Bertz CT molecular complexity index is 1250. The second kappa shape index (κ2) is 10.0. The Morgan fingerprint density at radius 3 is 2.36 bits per heavy atom. The quantitative estimate of drug-likeness (QED) is 0.609. The Balaban J connectivity index is 1.38. The van der Waals surface area contributed by atoms with Gasteiger partial charge in [0.25, 0.3) is 11.8 Å². The first-order valence-electron chi connectivity index (χ1n) is 12.7. The van der Waals surface area contributed by atoms with Crippen molar-refractivity contribution >= 4 is 29.5 Å². The lowest BCUT2D eigenvalue weighted by Gasteiger charge is -2.27. The van der Waals surface area contributed by atoms with Crippen LogP contribution in [0.1, 0.15) is 71.2 Å². The van der Waals surface area contributed by atoms with Gasteiger partial charge in [-0.2, -0.15) is 0 Å². The predicted molar refractivity (Wildman–Crippen MR) is 132 cm³/mol. The number of hydrogen-bond acceptors (Lipinski definition) is 5. The zero-order valence-electron chi connectivity index (χ0n) is 20.0. The normalized spacial score (nSPS) is 20.3. The van der Waals surface area contributed by atoms with Crippen molar-refractivity contribution in [3.8, 4) is 11.1 Å². The van der Waals surface area contributed by atoms with Crippen LogP contribution in [0.4, 0.5) is 0 Å². The first kappa shape index (κ1) is 23.9. The SMILES string of the molecule is O=C1CCC(N2C(=O)c3cccc(-c4ccccc4CCNC(=O)C4CCCCC4)c3C2=O)C(=O)N1. The van der Waals surface area contributed by atoms with E-state index < -0.39 is 29.7 Å². The van der Waals surface area contributed by atoms with Crippen LogP contribution in [0.25, 0.3) is 11.1 Å². The van der Waals surface area contributed by atoms with E-state index in [9.17, 15) is 24.0 Å². The highest BCUT2D eigenvalue weighted by Crippen LogP contribution is 2.36. The largest absolute Gasteiger partial charge is 0.356 e. The van der Waals surface area contributed by atoms with Crippen LogP contribution in [-0.4, -0.2) is 47.0 Å². The number of carbonyl (C=O) groups is 5. The van der Waals surface area contributed by atoms with E-state index in [1.54, 1.807) is 18.2 Å². The fraction of sp³-hybridized carbons (Fsp3) is 0.393. The van der Waals surface area contributed by atoms with Gasteiger partial charge in [-0.15, -0.1) is 0 Å². The molecule has 8 nitrogen and oxygen atoms in total. The number of rotatable bonds is 6. The van der Waals surface area contributed by atoms with Gasteiger partial charge in [0.2, 0.25) is 17.7 Å². The molecule has 186 valence electrons. The van der Waals surface area contributed by atoms with Crippen LogP contribution < -0.4 is 10.6 Å². The fourth-order valence-corrected chi connectivity index (χ4v) is 5.57. The van der Waals surface area contributed by atoms with Gasteiger partial charge in [-0.25, -0.2) is 0 Å². The highest BCUT2D eigenvalue weighted by molar-refractivity contribution is 6.25. The van der Waals surface area contributed by atoms with Crippen molar-refractivity contribution in [1.82, 2.24) is 15.5 Å². The van der Waals surface area contributed by atoms with Gasteiger partial charge in [0.05, 0.1) is 11.1 Å². The molecule has 5 amide bonds. The molecule has 1 aliphatic carbocycles. The molecule has 2 aromatic rings. The number of carbonyl (C=O) groups excluding carboxylic acids is 5. The van der Waals surface area contributed by atoms with Crippen LogP contribution >= 0.6 is 0 Å². The summed E-state index contributed by atoms with van der Waals surface area (Å²) in [7, 11) is 0. The van der Waals surface area contributed by atoms with E-state index in [2.05, 4.69) is 10.6 Å². The van der Waals surface area contributed by atoms with E-state index in [0.29, 0.717) is 18.5 Å². The summed E-state index contributed by atoms with van der Waals surface area (Å²) >= 11 is 0. The minimum Gasteiger partial charge on any atom is -0.356 e. The van der Waals surface area contributed by atoms with Crippen LogP contribution in [0.2, 0.25) is 0 Å². The monoisotopic (exact) mass is 487 g/mol. The third kappa shape index (κ3) is 4.43. The number of hydrogen-bond donors (Lipinski definition) is 2. The van der Waals surface area contributed by atoms with Crippen molar-refractivity contribution < 1.29 is 24.0 Å². The Morgan fingerprint density at radius 2 is 1.58 bits per heavy atom. The summed E-state index contributed by atoms with van der Waals surface area (Å²) in [5.74, 6) is -1.89. The number of nitrogens with zero attached hydrogens (tertiary/aromatic N) is 1. The molecule has 0 spiro atoms. The highest BCUT2D eigenvalue weighted by atomic mass is 16.2. The molecule has 0 bridgehead atoms. The topological polar surface area (TPSA) is 113 Å². The zero-order valence-corrected chi connectivity index (χ0v) is 20.0. The molecule has 5 rings (SSSR count). The first-order chi connectivity index (χ1) is 17.5. The summed E-state index contributed by atoms with van der Waals surface area (Å²) in [6.07, 6.45) is 6.05. The molecular weight excluding hydrogens is 458 g/mol. The molecule has 2 aromatic carbocycles. The van der Waals surface area contributed by atoms with Crippen molar-refractivity contribution in [2.45, 2.75) is 57.4 Å². The van der Waals surface area contributed by atoms with E-state index in [0.717, 1.165) is 41.7 Å². The smallest absolute Gasteiger partial charge is 0.262 e. The van der Waals surface area contributed by atoms with E-state index in [4.69, 9.17) is 0 Å². The molecule has 2 aliphatic heterocycles. The Labute approximate surface area is 209 Å². The van der Waals surface area contributed by atoms with Gasteiger partial charge in [0, 0.05) is 18.9 Å². The van der Waals surface area contributed by atoms with E-state index in [1.165, 1.54) is 6.42 Å². The second-order valence-electron chi connectivity index (χ2n) is 9.71. The van der Waals surface area contributed by atoms with Crippen LogP contribution in [0.15, 0.2) is 42.5 Å². The minimum atomic E-state index is -1.01. The number of nitrogens with one attached hydrogen (secondary N) is 2. The maximum absolute atomic E-state index is 13.5. The first-order valence-corrected chi connectivity index (χ1v) is 12.7. The van der Waals surface area contributed by atoms with Crippen LogP contribution in [0.3, 0.4) is 0 Å². The summed E-state index contributed by atoms with van der Waals surface area (Å²) in [5, 5.41) is 5.29. The molecule has 1 atom stereocenters. The van der Waals surface area contributed by atoms with Gasteiger partial charge in [-0.05, 0) is 48.4 Å². The number of imide groups is 2. The third-order valence-corrected chi connectivity index (χ3v) is 7.45. The highest BCUT2D eigenvalue weighted by Gasteiger charge is 2.45. The van der Waals surface area contributed by atoms with Gasteiger partial charge in [0.15, 0.2) is 0 Å². The molecule has 1 saturated heterocycles. The lowest BCUT2D eigenvalue weighted by Crippen LogP contribution is -2.54. The van der Waals surface area contributed by atoms with Crippen molar-refractivity contribution in [1.29, 1.82) is 0 Å². The molecular formula is C28H29N3O5. The Hall–Kier alpha value is -3.81. The van der Waals surface area contributed by atoms with E-state index in [-0.39, 0.29) is 35.8 Å². The molecule has 2 N–H and O–H groups in total. The summed E-state index contributed by atoms with van der Waals surface area (Å²) in [4.78, 5) is 64.2. The Kier molecular flexibility index (Phi) is 6.67. The maximum Gasteiger partial charge on any atom is 0.262 e. The van der Waals surface area contributed by atoms with Gasteiger partial charge in [-0.1, -0.05) is 55.7 Å². The summed E-state index contributed by atoms with van der Waals surface area (Å²) in [5.41, 5.74) is 2.91. The van der Waals surface area contributed by atoms with Gasteiger partial charge in [-0.3, -0.25) is 34.2 Å². The molecule has 1 unspecified atom stereocenters. The number of piperidine rings is 1. The molecule has 1 saturated carbocycles. The molecule has 2 fully saturated rings. The van der Waals surface area contributed by atoms with Crippen molar-refractivity contribution in [3.05, 3.63) is 59.2 Å². The summed E-state index contributed by atoms with van der Waals surface area (Å²) < 4.78 is 0. The third-order valence-electron chi connectivity index (χ3n) is 7.45. The van der Waals surface area contributed by atoms with Crippen LogP contribution in [-0.2, 0) is 20.8 Å². The average molecular weight is 488 g/mol. The lowest BCUT2D eigenvalue weighted by molar-refractivity contribution is -0.136. The van der Waals surface area contributed by atoms with Gasteiger partial charge >= 0.3 is 0 Å². The maximum atomic E-state index is 13.5. The van der Waals surface area contributed by atoms with Crippen molar-refractivity contribution in [3.63, 3.8) is 0 Å². The zero-order chi connectivity index (χ0) is 25.2. The van der Waals surface area contributed by atoms with Gasteiger partial charge in [0.1, 0.15) is 6.04 Å². The minimum absolute atomic E-state index is 0.0755. The molecule has 0 radical (unpaired) electrons. The number of amides is 5. The molecule has 36 heavy (non-hydrogen) atoms. The summed E-state index contributed by atoms with van der Waals surface area (Å²) in [6, 6.07) is 11.8. The van der Waals surface area contributed by atoms with E-state index in [1.807, 2.05) is 24.3 Å². The number of fused-ring (bicyclic) bond motifs is 1.